The summed E-state index contributed by atoms with van der Waals surface area (Å²) in [5, 5.41) is 10.8. The first-order valence-electron chi connectivity index (χ1n) is 5.10. The molecule has 0 aliphatic carbocycles. The molecule has 0 amide bonds. The van der Waals surface area contributed by atoms with Gasteiger partial charge in [0.15, 0.2) is 4.60 Å². The van der Waals surface area contributed by atoms with Crippen LogP contribution in [0.2, 0.25) is 0 Å². The number of nitrogens with zero attached hydrogens (tertiary/aromatic N) is 3. The fraction of sp³-hybridized carbons (Fsp3) is 0.778. The van der Waals surface area contributed by atoms with E-state index in [1.54, 1.807) is 7.05 Å². The van der Waals surface area contributed by atoms with Crippen LogP contribution in [0.25, 0.3) is 0 Å². The Bertz CT molecular complexity index is 315. The average molecular weight is 277 g/mol. The molecule has 0 spiro atoms. The largest absolute Gasteiger partial charge is 0.317 e. The molecule has 0 radical (unpaired) electrons. The topological polar surface area (TPSA) is 42.7 Å². The lowest BCUT2D eigenvalue weighted by atomic mass is 9.91. The second kappa shape index (κ2) is 4.57. The number of nitrogens with one attached hydrogen (secondary N) is 1. The number of halogens is 2. The third-order valence-corrected chi connectivity index (χ3v) is 3.45. The molecule has 1 aromatic heterocycles. The van der Waals surface area contributed by atoms with E-state index in [-0.39, 0.29) is 5.92 Å². The SMILES string of the molecule is Cn1nnc(Br)c1C(F)C1CCNCC1. The molecular weight excluding hydrogens is 263 g/mol. The Balaban J connectivity index is 2.15. The summed E-state index contributed by atoms with van der Waals surface area (Å²) in [6.45, 7) is 1.79. The van der Waals surface area contributed by atoms with E-state index in [2.05, 4.69) is 31.6 Å². The fourth-order valence-electron chi connectivity index (χ4n) is 1.99. The van der Waals surface area contributed by atoms with Crippen LogP contribution >= 0.6 is 15.9 Å². The smallest absolute Gasteiger partial charge is 0.154 e. The molecule has 2 heterocycles. The highest BCUT2D eigenvalue weighted by Crippen LogP contribution is 2.34. The molecule has 2 rings (SSSR count). The number of aryl methyl sites for hydroxylation is 1. The Labute approximate surface area is 96.4 Å². The maximum absolute atomic E-state index is 14.2. The molecule has 0 bridgehead atoms. The van der Waals surface area contributed by atoms with Crippen LogP contribution in [0, 0.1) is 5.92 Å². The number of piperidine rings is 1. The third-order valence-electron chi connectivity index (χ3n) is 2.89. The predicted molar refractivity (Wildman–Crippen MR) is 58.1 cm³/mol. The minimum atomic E-state index is -0.971. The number of hydrogen-bond acceptors (Lipinski definition) is 3. The van der Waals surface area contributed by atoms with Crippen molar-refractivity contribution < 1.29 is 4.39 Å². The molecule has 0 aromatic carbocycles. The quantitative estimate of drug-likeness (QED) is 0.892. The van der Waals surface area contributed by atoms with Crippen LogP contribution in [-0.2, 0) is 7.05 Å². The Morgan fingerprint density at radius 3 is 2.73 bits per heavy atom. The highest BCUT2D eigenvalue weighted by Gasteiger charge is 2.29. The van der Waals surface area contributed by atoms with Gasteiger partial charge in [0, 0.05) is 7.05 Å². The zero-order valence-electron chi connectivity index (χ0n) is 8.58. The Morgan fingerprint density at radius 1 is 1.53 bits per heavy atom. The summed E-state index contributed by atoms with van der Waals surface area (Å²) in [5.41, 5.74) is 0.557. The van der Waals surface area contributed by atoms with Crippen LogP contribution in [0.1, 0.15) is 24.7 Å². The molecule has 6 heteroatoms. The van der Waals surface area contributed by atoms with E-state index in [1.807, 2.05) is 0 Å². The molecule has 1 N–H and O–H groups in total. The van der Waals surface area contributed by atoms with Crippen LogP contribution in [0.15, 0.2) is 4.60 Å². The summed E-state index contributed by atoms with van der Waals surface area (Å²) in [7, 11) is 1.72. The molecule has 1 atom stereocenters. The van der Waals surface area contributed by atoms with Crippen molar-refractivity contribution in [2.45, 2.75) is 19.0 Å². The van der Waals surface area contributed by atoms with E-state index in [4.69, 9.17) is 0 Å². The van der Waals surface area contributed by atoms with Crippen molar-refractivity contribution in [2.75, 3.05) is 13.1 Å². The van der Waals surface area contributed by atoms with E-state index in [0.29, 0.717) is 10.3 Å². The normalized spacial score (nSPS) is 20.5. The van der Waals surface area contributed by atoms with Gasteiger partial charge < -0.3 is 5.32 Å². The second-order valence-electron chi connectivity index (χ2n) is 3.88. The number of aromatic nitrogens is 3. The van der Waals surface area contributed by atoms with Gasteiger partial charge >= 0.3 is 0 Å². The van der Waals surface area contributed by atoms with Gasteiger partial charge in [-0.15, -0.1) is 5.10 Å². The van der Waals surface area contributed by atoms with Gasteiger partial charge in [-0.2, -0.15) is 0 Å². The molecular formula is C9H14BrFN4. The van der Waals surface area contributed by atoms with Gasteiger partial charge in [0.05, 0.1) is 0 Å². The highest BCUT2D eigenvalue weighted by molar-refractivity contribution is 9.10. The van der Waals surface area contributed by atoms with Crippen LogP contribution in [-0.4, -0.2) is 28.1 Å². The Morgan fingerprint density at radius 2 is 2.20 bits per heavy atom. The van der Waals surface area contributed by atoms with Crippen LogP contribution in [0.4, 0.5) is 4.39 Å². The van der Waals surface area contributed by atoms with Crippen molar-refractivity contribution in [1.82, 2.24) is 20.3 Å². The summed E-state index contributed by atoms with van der Waals surface area (Å²) in [6.07, 6.45) is 0.777. The van der Waals surface area contributed by atoms with Gasteiger partial charge in [-0.05, 0) is 47.8 Å². The third kappa shape index (κ3) is 2.20. The molecule has 84 valence electrons. The lowest BCUT2D eigenvalue weighted by Gasteiger charge is -2.25. The maximum Gasteiger partial charge on any atom is 0.154 e. The minimum absolute atomic E-state index is 0.0831. The lowest BCUT2D eigenvalue weighted by Crippen LogP contribution is -2.30. The predicted octanol–water partition coefficient (Wildman–Crippen LogP) is 1.59. The van der Waals surface area contributed by atoms with Crippen molar-refractivity contribution in [3.05, 3.63) is 10.3 Å². The van der Waals surface area contributed by atoms with Gasteiger partial charge in [-0.3, -0.25) is 0 Å². The Kier molecular flexibility index (Phi) is 3.35. The summed E-state index contributed by atoms with van der Waals surface area (Å²) in [4.78, 5) is 0. The van der Waals surface area contributed by atoms with Crippen LogP contribution < -0.4 is 5.32 Å². The summed E-state index contributed by atoms with van der Waals surface area (Å²) < 4.78 is 16.3. The van der Waals surface area contributed by atoms with Crippen LogP contribution in [0.5, 0.6) is 0 Å². The van der Waals surface area contributed by atoms with Crippen molar-refractivity contribution in [3.63, 3.8) is 0 Å². The summed E-state index contributed by atoms with van der Waals surface area (Å²) in [5.74, 6) is 0.0831. The number of alkyl halides is 1. The van der Waals surface area contributed by atoms with Crippen molar-refractivity contribution in [2.24, 2.45) is 13.0 Å². The van der Waals surface area contributed by atoms with Gasteiger partial charge in [0.1, 0.15) is 11.9 Å². The van der Waals surface area contributed by atoms with E-state index in [0.717, 1.165) is 25.9 Å². The Hall–Kier alpha value is -0.490. The number of hydrogen-bond donors (Lipinski definition) is 1. The molecule has 1 aliphatic rings. The first kappa shape index (κ1) is 11.0. The zero-order chi connectivity index (χ0) is 10.8. The average Bonchev–Trinajstić information content (AvgIpc) is 2.59. The molecule has 15 heavy (non-hydrogen) atoms. The van der Waals surface area contributed by atoms with Crippen molar-refractivity contribution in [1.29, 1.82) is 0 Å². The van der Waals surface area contributed by atoms with Gasteiger partial charge in [-0.1, -0.05) is 5.21 Å². The molecule has 1 unspecified atom stereocenters. The molecule has 1 aromatic rings. The number of rotatable bonds is 2. The van der Waals surface area contributed by atoms with E-state index < -0.39 is 6.17 Å². The molecule has 4 nitrogen and oxygen atoms in total. The lowest BCUT2D eigenvalue weighted by molar-refractivity contribution is 0.180. The molecule has 1 saturated heterocycles. The summed E-state index contributed by atoms with van der Waals surface area (Å²) >= 11 is 3.23. The highest BCUT2D eigenvalue weighted by atomic mass is 79.9. The first-order chi connectivity index (χ1) is 7.20. The maximum atomic E-state index is 14.2. The molecule has 1 aliphatic heterocycles. The fourth-order valence-corrected chi connectivity index (χ4v) is 2.54. The second-order valence-corrected chi connectivity index (χ2v) is 4.63. The first-order valence-corrected chi connectivity index (χ1v) is 5.89. The van der Waals surface area contributed by atoms with Gasteiger partial charge in [-0.25, -0.2) is 9.07 Å². The molecule has 1 fully saturated rings. The molecule has 0 saturated carbocycles. The van der Waals surface area contributed by atoms with Crippen molar-refractivity contribution >= 4 is 15.9 Å². The van der Waals surface area contributed by atoms with Gasteiger partial charge in [0.25, 0.3) is 0 Å². The van der Waals surface area contributed by atoms with E-state index in [1.165, 1.54) is 4.68 Å². The van der Waals surface area contributed by atoms with E-state index in [9.17, 15) is 4.39 Å². The minimum Gasteiger partial charge on any atom is -0.317 e. The zero-order valence-corrected chi connectivity index (χ0v) is 10.2. The van der Waals surface area contributed by atoms with Gasteiger partial charge in [0.2, 0.25) is 0 Å². The standard InChI is InChI=1S/C9H14BrFN4/c1-15-8(9(10)13-14-15)7(11)6-2-4-12-5-3-6/h6-7,12H,2-5H2,1H3. The van der Waals surface area contributed by atoms with Crippen LogP contribution in [0.3, 0.4) is 0 Å². The monoisotopic (exact) mass is 276 g/mol. The van der Waals surface area contributed by atoms with E-state index >= 15 is 0 Å². The summed E-state index contributed by atoms with van der Waals surface area (Å²) in [6, 6.07) is 0. The van der Waals surface area contributed by atoms with Crippen molar-refractivity contribution in [3.8, 4) is 0 Å².